The SMILES string of the molecule is CNCc1sc(-c2ccc(F)c(OC)c2)nc1C(C)(C)C. The largest absolute Gasteiger partial charge is 0.494 e. The summed E-state index contributed by atoms with van der Waals surface area (Å²) in [7, 11) is 3.39. The summed E-state index contributed by atoms with van der Waals surface area (Å²) in [5.41, 5.74) is 1.94. The molecule has 1 heterocycles. The third kappa shape index (κ3) is 3.41. The van der Waals surface area contributed by atoms with Crippen molar-refractivity contribution in [2.45, 2.75) is 32.7 Å². The Kier molecular flexibility index (Phi) is 4.64. The maximum absolute atomic E-state index is 13.5. The molecule has 114 valence electrons. The summed E-state index contributed by atoms with van der Waals surface area (Å²) in [6, 6.07) is 4.86. The van der Waals surface area contributed by atoms with E-state index in [1.54, 1.807) is 23.5 Å². The van der Waals surface area contributed by atoms with Crippen LogP contribution < -0.4 is 10.1 Å². The van der Waals surface area contributed by atoms with Crippen LogP contribution in [0.1, 0.15) is 31.3 Å². The van der Waals surface area contributed by atoms with Crippen molar-refractivity contribution in [2.24, 2.45) is 0 Å². The van der Waals surface area contributed by atoms with Crippen LogP contribution in [0.3, 0.4) is 0 Å². The number of benzene rings is 1. The number of thiazole rings is 1. The second kappa shape index (κ2) is 6.12. The minimum absolute atomic E-state index is 0.0228. The number of hydrogen-bond donors (Lipinski definition) is 1. The molecule has 0 amide bonds. The molecule has 0 aliphatic rings. The van der Waals surface area contributed by atoms with Gasteiger partial charge in [-0.2, -0.15) is 0 Å². The second-order valence-corrected chi connectivity index (χ2v) is 7.00. The first kappa shape index (κ1) is 15.9. The molecule has 2 rings (SSSR count). The molecule has 0 bridgehead atoms. The Labute approximate surface area is 129 Å². The summed E-state index contributed by atoms with van der Waals surface area (Å²) in [6.07, 6.45) is 0. The molecule has 2 aromatic rings. The summed E-state index contributed by atoms with van der Waals surface area (Å²) >= 11 is 1.64. The maximum Gasteiger partial charge on any atom is 0.165 e. The Balaban J connectivity index is 2.49. The lowest BCUT2D eigenvalue weighted by Gasteiger charge is -2.17. The van der Waals surface area contributed by atoms with Crippen molar-refractivity contribution in [2.75, 3.05) is 14.2 Å². The van der Waals surface area contributed by atoms with Crippen molar-refractivity contribution in [3.05, 3.63) is 34.6 Å². The molecule has 0 atom stereocenters. The van der Waals surface area contributed by atoms with Gasteiger partial charge in [-0.25, -0.2) is 9.37 Å². The zero-order chi connectivity index (χ0) is 15.6. The average molecular weight is 308 g/mol. The van der Waals surface area contributed by atoms with Gasteiger partial charge in [0, 0.05) is 22.4 Å². The van der Waals surface area contributed by atoms with Crippen LogP contribution in [-0.2, 0) is 12.0 Å². The van der Waals surface area contributed by atoms with Crippen LogP contribution in [0.15, 0.2) is 18.2 Å². The summed E-state index contributed by atoms with van der Waals surface area (Å²) < 4.78 is 18.6. The molecule has 0 saturated carbocycles. The minimum Gasteiger partial charge on any atom is -0.494 e. The predicted molar refractivity (Wildman–Crippen MR) is 85.5 cm³/mol. The van der Waals surface area contributed by atoms with Crippen molar-refractivity contribution in [3.8, 4) is 16.3 Å². The van der Waals surface area contributed by atoms with E-state index in [4.69, 9.17) is 9.72 Å². The van der Waals surface area contributed by atoms with Gasteiger partial charge in [-0.1, -0.05) is 20.8 Å². The minimum atomic E-state index is -0.357. The molecule has 1 aromatic heterocycles. The van der Waals surface area contributed by atoms with E-state index in [1.807, 2.05) is 7.05 Å². The Morgan fingerprint density at radius 2 is 2.05 bits per heavy atom. The molecule has 0 fully saturated rings. The maximum atomic E-state index is 13.5. The monoisotopic (exact) mass is 308 g/mol. The van der Waals surface area contributed by atoms with E-state index in [2.05, 4.69) is 26.1 Å². The fraction of sp³-hybridized carbons (Fsp3) is 0.438. The number of hydrogen-bond acceptors (Lipinski definition) is 4. The lowest BCUT2D eigenvalue weighted by molar-refractivity contribution is 0.387. The molecule has 21 heavy (non-hydrogen) atoms. The van der Waals surface area contributed by atoms with Crippen LogP contribution in [0, 0.1) is 5.82 Å². The lowest BCUT2D eigenvalue weighted by Crippen LogP contribution is -2.16. The van der Waals surface area contributed by atoms with Gasteiger partial charge in [0.2, 0.25) is 0 Å². The first-order valence-electron chi connectivity index (χ1n) is 6.85. The molecule has 1 N–H and O–H groups in total. The zero-order valence-corrected chi connectivity index (χ0v) is 13.9. The van der Waals surface area contributed by atoms with E-state index < -0.39 is 0 Å². The number of rotatable bonds is 4. The number of nitrogens with zero attached hydrogens (tertiary/aromatic N) is 1. The fourth-order valence-electron chi connectivity index (χ4n) is 2.13. The third-order valence-electron chi connectivity index (χ3n) is 3.14. The van der Waals surface area contributed by atoms with Crippen molar-refractivity contribution >= 4 is 11.3 Å². The standard InChI is InChI=1S/C16H21FN2OS/c1-16(2,3)14-13(9-18-4)21-15(19-14)10-6-7-11(17)12(8-10)20-5/h6-8,18H,9H2,1-5H3. The molecule has 1 aromatic carbocycles. The van der Waals surface area contributed by atoms with Crippen LogP contribution in [0.2, 0.25) is 0 Å². The molecule has 0 radical (unpaired) electrons. The predicted octanol–water partition coefficient (Wildman–Crippen LogP) is 3.97. The number of nitrogens with one attached hydrogen (secondary N) is 1. The van der Waals surface area contributed by atoms with E-state index in [1.165, 1.54) is 18.1 Å². The Hall–Kier alpha value is -1.46. The second-order valence-electron chi connectivity index (χ2n) is 5.92. The molecule has 0 aliphatic heterocycles. The normalized spacial score (nSPS) is 11.7. The molecular weight excluding hydrogens is 287 g/mol. The summed E-state index contributed by atoms with van der Waals surface area (Å²) in [6.45, 7) is 7.23. The van der Waals surface area contributed by atoms with Crippen LogP contribution in [-0.4, -0.2) is 19.1 Å². The molecule has 0 spiro atoms. The average Bonchev–Trinajstić information content (AvgIpc) is 2.84. The van der Waals surface area contributed by atoms with Gasteiger partial charge in [0.05, 0.1) is 12.8 Å². The third-order valence-corrected chi connectivity index (χ3v) is 4.25. The van der Waals surface area contributed by atoms with E-state index in [9.17, 15) is 4.39 Å². The Bertz CT molecular complexity index is 632. The van der Waals surface area contributed by atoms with E-state index in [0.717, 1.165) is 22.8 Å². The highest BCUT2D eigenvalue weighted by Crippen LogP contribution is 2.35. The van der Waals surface area contributed by atoms with E-state index in [0.29, 0.717) is 0 Å². The first-order chi connectivity index (χ1) is 9.86. The van der Waals surface area contributed by atoms with Crippen LogP contribution >= 0.6 is 11.3 Å². The van der Waals surface area contributed by atoms with Gasteiger partial charge >= 0.3 is 0 Å². The number of halogens is 1. The van der Waals surface area contributed by atoms with Crippen molar-refractivity contribution in [1.82, 2.24) is 10.3 Å². The number of aromatic nitrogens is 1. The molecule has 3 nitrogen and oxygen atoms in total. The quantitative estimate of drug-likeness (QED) is 0.928. The van der Waals surface area contributed by atoms with Crippen LogP contribution in [0.4, 0.5) is 4.39 Å². The highest BCUT2D eigenvalue weighted by atomic mass is 32.1. The van der Waals surface area contributed by atoms with Gasteiger partial charge in [-0.05, 0) is 25.2 Å². The van der Waals surface area contributed by atoms with E-state index >= 15 is 0 Å². The molecule has 0 unspecified atom stereocenters. The van der Waals surface area contributed by atoms with Gasteiger partial charge in [0.15, 0.2) is 11.6 Å². The van der Waals surface area contributed by atoms with Crippen LogP contribution in [0.25, 0.3) is 10.6 Å². The molecular formula is C16H21FN2OS. The number of methoxy groups -OCH3 is 1. The van der Waals surface area contributed by atoms with Gasteiger partial charge in [0.25, 0.3) is 0 Å². The van der Waals surface area contributed by atoms with Gasteiger partial charge in [0.1, 0.15) is 5.01 Å². The molecule has 0 saturated heterocycles. The smallest absolute Gasteiger partial charge is 0.165 e. The number of ether oxygens (including phenoxy) is 1. The topological polar surface area (TPSA) is 34.1 Å². The summed E-state index contributed by atoms with van der Waals surface area (Å²) in [4.78, 5) is 5.99. The Morgan fingerprint density at radius 3 is 2.62 bits per heavy atom. The highest BCUT2D eigenvalue weighted by molar-refractivity contribution is 7.15. The molecule has 5 heteroatoms. The van der Waals surface area contributed by atoms with Crippen LogP contribution in [0.5, 0.6) is 5.75 Å². The molecule has 0 aliphatic carbocycles. The van der Waals surface area contributed by atoms with Crippen molar-refractivity contribution < 1.29 is 9.13 Å². The highest BCUT2D eigenvalue weighted by Gasteiger charge is 2.23. The first-order valence-corrected chi connectivity index (χ1v) is 7.67. The summed E-state index contributed by atoms with van der Waals surface area (Å²) in [5.74, 6) is -0.112. The van der Waals surface area contributed by atoms with E-state index in [-0.39, 0.29) is 17.0 Å². The van der Waals surface area contributed by atoms with Crippen molar-refractivity contribution in [1.29, 1.82) is 0 Å². The summed E-state index contributed by atoms with van der Waals surface area (Å²) in [5, 5.41) is 4.07. The van der Waals surface area contributed by atoms with Gasteiger partial charge in [-0.3, -0.25) is 0 Å². The zero-order valence-electron chi connectivity index (χ0n) is 13.1. The van der Waals surface area contributed by atoms with Crippen molar-refractivity contribution in [3.63, 3.8) is 0 Å². The Morgan fingerprint density at radius 1 is 1.33 bits per heavy atom. The fourth-order valence-corrected chi connectivity index (χ4v) is 3.41. The van der Waals surface area contributed by atoms with Gasteiger partial charge < -0.3 is 10.1 Å². The lowest BCUT2D eigenvalue weighted by atomic mass is 9.91. The van der Waals surface area contributed by atoms with Gasteiger partial charge in [-0.15, -0.1) is 11.3 Å².